The van der Waals surface area contributed by atoms with Crippen LogP contribution in [0.2, 0.25) is 0 Å². The highest BCUT2D eigenvalue weighted by molar-refractivity contribution is 6.00. The molecule has 9 nitrogen and oxygen atoms in total. The van der Waals surface area contributed by atoms with Crippen molar-refractivity contribution in [3.8, 4) is 17.3 Å². The summed E-state index contributed by atoms with van der Waals surface area (Å²) in [5.41, 5.74) is 8.66. The van der Waals surface area contributed by atoms with E-state index in [4.69, 9.17) is 11.1 Å². The summed E-state index contributed by atoms with van der Waals surface area (Å²) in [5.74, 6) is -0.510. The van der Waals surface area contributed by atoms with Crippen molar-refractivity contribution in [2.45, 2.75) is 45.6 Å². The van der Waals surface area contributed by atoms with E-state index in [1.807, 2.05) is 0 Å². The van der Waals surface area contributed by atoms with E-state index < -0.39 is 5.91 Å². The number of carbonyl (C=O) groups excluding carboxylic acids is 1. The van der Waals surface area contributed by atoms with E-state index in [0.29, 0.717) is 27.9 Å². The molecule has 1 aromatic heterocycles. The average Bonchev–Trinajstić information content (AvgIpc) is 3.06. The van der Waals surface area contributed by atoms with Crippen LogP contribution in [0.3, 0.4) is 0 Å². The molecule has 0 radical (unpaired) electrons. The van der Waals surface area contributed by atoms with Crippen LogP contribution in [0.1, 0.15) is 50.3 Å². The number of nitrogens with zero attached hydrogens (tertiary/aromatic N) is 3. The molecular weight excluding hydrogens is 420 g/mol. The van der Waals surface area contributed by atoms with Crippen LogP contribution >= 0.6 is 0 Å². The molecular formula is C24H28N6O3. The van der Waals surface area contributed by atoms with Crippen LogP contribution in [0.4, 0.5) is 5.82 Å². The highest BCUT2D eigenvalue weighted by Gasteiger charge is 2.66. The number of hydrogen-bond donors (Lipinski definition) is 5. The number of aliphatic hydroxyl groups is 2. The lowest BCUT2D eigenvalue weighted by Crippen LogP contribution is -2.63. The van der Waals surface area contributed by atoms with Gasteiger partial charge in [0.1, 0.15) is 23.1 Å². The predicted octanol–water partition coefficient (Wildman–Crippen LogP) is 2.83. The zero-order valence-corrected chi connectivity index (χ0v) is 18.7. The quantitative estimate of drug-likeness (QED) is 0.308. The summed E-state index contributed by atoms with van der Waals surface area (Å²) >= 11 is 0. The van der Waals surface area contributed by atoms with Gasteiger partial charge in [-0.1, -0.05) is 31.2 Å². The minimum atomic E-state index is -0.392. The molecule has 1 atom stereocenters. The van der Waals surface area contributed by atoms with Gasteiger partial charge in [-0.25, -0.2) is 4.68 Å². The minimum Gasteiger partial charge on any atom is -0.494 e. The molecule has 3 saturated carbocycles. The maximum atomic E-state index is 12.3. The summed E-state index contributed by atoms with van der Waals surface area (Å²) in [6, 6.07) is 8.67. The first-order valence-electron chi connectivity index (χ1n) is 10.9. The second kappa shape index (κ2) is 8.05. The van der Waals surface area contributed by atoms with Crippen LogP contribution in [-0.2, 0) is 11.2 Å². The Labute approximate surface area is 192 Å². The third-order valence-corrected chi connectivity index (χ3v) is 6.75. The van der Waals surface area contributed by atoms with Gasteiger partial charge in [0.25, 0.3) is 0 Å². The lowest BCUT2D eigenvalue weighted by atomic mass is 9.34. The van der Waals surface area contributed by atoms with Gasteiger partial charge < -0.3 is 21.4 Å². The monoisotopic (exact) mass is 448 g/mol. The highest BCUT2D eigenvalue weighted by Crippen LogP contribution is 2.73. The fourth-order valence-electron chi connectivity index (χ4n) is 5.23. The van der Waals surface area contributed by atoms with E-state index in [1.165, 1.54) is 10.8 Å². The number of anilines is 1. The van der Waals surface area contributed by atoms with Gasteiger partial charge in [-0.05, 0) is 37.2 Å². The molecule has 1 amide bonds. The van der Waals surface area contributed by atoms with Crippen LogP contribution in [-0.4, -0.2) is 38.2 Å². The van der Waals surface area contributed by atoms with Crippen LogP contribution < -0.4 is 11.1 Å². The number of carbonyl (C=O) groups is 1. The number of allylic oxidation sites excluding steroid dienone is 1. The lowest BCUT2D eigenvalue weighted by Gasteiger charge is -2.69. The molecule has 0 aliphatic heterocycles. The van der Waals surface area contributed by atoms with Crippen LogP contribution in [0, 0.1) is 27.6 Å². The van der Waals surface area contributed by atoms with E-state index >= 15 is 0 Å². The predicted molar refractivity (Wildman–Crippen MR) is 123 cm³/mol. The molecule has 172 valence electrons. The first-order valence-corrected chi connectivity index (χ1v) is 10.9. The van der Waals surface area contributed by atoms with Crippen molar-refractivity contribution in [2.75, 3.05) is 12.3 Å². The van der Waals surface area contributed by atoms with Crippen molar-refractivity contribution in [1.82, 2.24) is 15.1 Å². The maximum Gasteiger partial charge on any atom is 0.231 e. The molecule has 1 unspecified atom stereocenters. The Hall–Kier alpha value is -3.64. The standard InChI is InChI=1S/C24H28N6O3/c1-14(10-31)30-22(27)17(9-25)21(29-30)16-5-3-15(4-6-16)7-19(32)28-20(33)8-18(26)24-11-23(2,12-24)13-24/h3-6,8,14,26,31,33H,7,10-13,27H2,1-2H3,(H,28,32)/b20-8-,26-18?. The number of amides is 1. The molecule has 33 heavy (non-hydrogen) atoms. The van der Waals surface area contributed by atoms with E-state index in [2.05, 4.69) is 23.4 Å². The highest BCUT2D eigenvalue weighted by atomic mass is 16.3. The van der Waals surface area contributed by atoms with E-state index in [0.717, 1.165) is 19.3 Å². The first kappa shape index (κ1) is 22.6. The normalized spacial score (nSPS) is 24.2. The zero-order chi connectivity index (χ0) is 24.0. The Kier molecular flexibility index (Phi) is 5.50. The summed E-state index contributed by atoms with van der Waals surface area (Å²) in [6.45, 7) is 3.79. The Morgan fingerprint density at radius 2 is 2.03 bits per heavy atom. The minimum absolute atomic E-state index is 0.0396. The summed E-state index contributed by atoms with van der Waals surface area (Å²) in [7, 11) is 0. The van der Waals surface area contributed by atoms with E-state index in [9.17, 15) is 20.3 Å². The molecule has 6 N–H and O–H groups in total. The van der Waals surface area contributed by atoms with E-state index in [1.54, 1.807) is 31.2 Å². The first-order chi connectivity index (χ1) is 15.6. The van der Waals surface area contributed by atoms with Crippen molar-refractivity contribution in [3.63, 3.8) is 0 Å². The smallest absolute Gasteiger partial charge is 0.231 e. The lowest BCUT2D eigenvalue weighted by molar-refractivity contribution is -0.137. The fraction of sp³-hybridized carbons (Fsp3) is 0.417. The second-order valence-corrected chi connectivity index (χ2v) is 9.68. The molecule has 3 aliphatic carbocycles. The number of nitrogen functional groups attached to an aromatic ring is 1. The maximum absolute atomic E-state index is 12.3. The number of aromatic nitrogens is 2. The number of rotatable bonds is 8. The van der Waals surface area contributed by atoms with Gasteiger partial charge in [-0.15, -0.1) is 0 Å². The Morgan fingerprint density at radius 1 is 1.39 bits per heavy atom. The Balaban J connectivity index is 1.40. The average molecular weight is 449 g/mol. The van der Waals surface area contributed by atoms with Gasteiger partial charge in [0.05, 0.1) is 19.1 Å². The summed E-state index contributed by atoms with van der Waals surface area (Å²) < 4.78 is 1.43. The summed E-state index contributed by atoms with van der Waals surface area (Å²) in [4.78, 5) is 12.3. The molecule has 0 spiro atoms. The Morgan fingerprint density at radius 3 is 2.58 bits per heavy atom. The third kappa shape index (κ3) is 3.98. The van der Waals surface area contributed by atoms with Gasteiger partial charge in [0, 0.05) is 22.8 Å². The van der Waals surface area contributed by atoms with Gasteiger partial charge in [-0.2, -0.15) is 10.4 Å². The van der Waals surface area contributed by atoms with Gasteiger partial charge in [-0.3, -0.25) is 10.1 Å². The number of nitrogens with two attached hydrogens (primary N) is 1. The van der Waals surface area contributed by atoms with Gasteiger partial charge >= 0.3 is 0 Å². The van der Waals surface area contributed by atoms with Crippen molar-refractivity contribution in [3.05, 3.63) is 47.4 Å². The number of aliphatic hydroxyl groups excluding tert-OH is 2. The van der Waals surface area contributed by atoms with E-state index in [-0.39, 0.29) is 41.7 Å². The van der Waals surface area contributed by atoms with Crippen LogP contribution in [0.25, 0.3) is 11.3 Å². The molecule has 1 aromatic carbocycles. The third-order valence-electron chi connectivity index (χ3n) is 6.75. The SMILES string of the molecule is CC(CO)n1nc(-c2ccc(CC(=O)N/C(O)=C/C(=N)C34CC(C)(C3)C4)cc2)c(C#N)c1N. The number of nitrogens with one attached hydrogen (secondary N) is 2. The molecule has 2 bridgehead atoms. The molecule has 2 aromatic rings. The van der Waals surface area contributed by atoms with Crippen molar-refractivity contribution >= 4 is 17.4 Å². The van der Waals surface area contributed by atoms with Crippen LogP contribution in [0.5, 0.6) is 0 Å². The largest absolute Gasteiger partial charge is 0.494 e. The van der Waals surface area contributed by atoms with Crippen LogP contribution in [0.15, 0.2) is 36.2 Å². The van der Waals surface area contributed by atoms with Crippen molar-refractivity contribution in [2.24, 2.45) is 10.8 Å². The Bertz CT molecular complexity index is 1170. The van der Waals surface area contributed by atoms with Gasteiger partial charge in [0.2, 0.25) is 5.91 Å². The second-order valence-electron chi connectivity index (χ2n) is 9.68. The molecule has 0 saturated heterocycles. The molecule has 9 heteroatoms. The number of nitriles is 1. The molecule has 3 aliphatic rings. The van der Waals surface area contributed by atoms with Crippen molar-refractivity contribution in [1.29, 1.82) is 10.7 Å². The molecule has 3 fully saturated rings. The zero-order valence-electron chi connectivity index (χ0n) is 18.7. The molecule has 1 heterocycles. The van der Waals surface area contributed by atoms with Gasteiger partial charge in [0.15, 0.2) is 5.88 Å². The fourth-order valence-corrected chi connectivity index (χ4v) is 5.23. The summed E-state index contributed by atoms with van der Waals surface area (Å²) in [6.07, 6.45) is 4.30. The van der Waals surface area contributed by atoms with Crippen molar-refractivity contribution < 1.29 is 15.0 Å². The summed E-state index contributed by atoms with van der Waals surface area (Å²) in [5, 5.41) is 44.0. The molecule has 5 rings (SSSR count). The number of benzene rings is 1. The number of hydrogen-bond acceptors (Lipinski definition) is 7. The topological polar surface area (TPSA) is 161 Å².